The van der Waals surface area contributed by atoms with Crippen molar-refractivity contribution in [2.24, 2.45) is 0 Å². The average Bonchev–Trinajstić information content (AvgIpc) is 3.18. The number of hydrazine groups is 1. The molecule has 2 amide bonds. The molecule has 1 aliphatic heterocycles. The van der Waals surface area contributed by atoms with Gasteiger partial charge in [0.2, 0.25) is 0 Å². The number of nitrogens with one attached hydrogen (secondary N) is 3. The minimum atomic E-state index is -0.800. The van der Waals surface area contributed by atoms with Crippen molar-refractivity contribution >= 4 is 11.7 Å². The number of nitrogens with zero attached hydrogens (tertiary/aromatic N) is 1. The predicted octanol–water partition coefficient (Wildman–Crippen LogP) is 4.74. The molecule has 1 fully saturated rings. The summed E-state index contributed by atoms with van der Waals surface area (Å²) in [5.74, 6) is -1.72. The molecular weight excluding hydrogens is 393 g/mol. The van der Waals surface area contributed by atoms with Crippen molar-refractivity contribution < 1.29 is 18.0 Å². The maximum atomic E-state index is 13.6. The second-order valence-corrected chi connectivity index (χ2v) is 7.65. The number of rotatable bonds is 8. The number of carbonyl (C=O) groups is 1. The van der Waals surface area contributed by atoms with Gasteiger partial charge in [-0.25, -0.2) is 18.0 Å². The summed E-state index contributed by atoms with van der Waals surface area (Å²) in [6.45, 7) is 0.539. The standard InChI is InChI=1S/C22H27F3N4O/c1-29(22(30)26-20-10-9-17(24)13-19(20)25)11-4-2-3-8-18-14-21(28-27-18)15-6-5-7-16(23)12-15/h5-7,9-10,12-13,18,21,27-28H,2-4,8,11,14H2,1H3,(H,26,30). The van der Waals surface area contributed by atoms with Crippen LogP contribution >= 0.6 is 0 Å². The van der Waals surface area contributed by atoms with Crippen LogP contribution in [-0.4, -0.2) is 30.6 Å². The number of halogens is 3. The molecule has 3 rings (SSSR count). The van der Waals surface area contributed by atoms with Crippen molar-refractivity contribution in [2.45, 2.75) is 44.2 Å². The summed E-state index contributed by atoms with van der Waals surface area (Å²) in [6.07, 6.45) is 4.65. The van der Waals surface area contributed by atoms with Crippen molar-refractivity contribution in [3.8, 4) is 0 Å². The van der Waals surface area contributed by atoms with Crippen LogP contribution in [0.5, 0.6) is 0 Å². The first-order chi connectivity index (χ1) is 14.4. The summed E-state index contributed by atoms with van der Waals surface area (Å²) in [6, 6.07) is 9.67. The lowest BCUT2D eigenvalue weighted by Crippen LogP contribution is -2.32. The molecule has 2 atom stereocenters. The number of amides is 2. The van der Waals surface area contributed by atoms with E-state index in [1.54, 1.807) is 19.2 Å². The lowest BCUT2D eigenvalue weighted by molar-refractivity contribution is 0.221. The molecule has 1 saturated heterocycles. The third-order valence-electron chi connectivity index (χ3n) is 5.30. The minimum Gasteiger partial charge on any atom is -0.328 e. The molecular formula is C22H27F3N4O. The van der Waals surface area contributed by atoms with Gasteiger partial charge in [-0.3, -0.25) is 10.9 Å². The summed E-state index contributed by atoms with van der Waals surface area (Å²) in [5.41, 5.74) is 7.39. The minimum absolute atomic E-state index is 0.0408. The van der Waals surface area contributed by atoms with Gasteiger partial charge < -0.3 is 10.2 Å². The van der Waals surface area contributed by atoms with Gasteiger partial charge in [0.15, 0.2) is 0 Å². The van der Waals surface area contributed by atoms with E-state index in [2.05, 4.69) is 16.2 Å². The maximum Gasteiger partial charge on any atom is 0.321 e. The van der Waals surface area contributed by atoms with Crippen LogP contribution in [0, 0.1) is 17.5 Å². The summed E-state index contributed by atoms with van der Waals surface area (Å²) in [7, 11) is 1.64. The number of anilines is 1. The number of carbonyl (C=O) groups excluding carboxylic acids is 1. The van der Waals surface area contributed by atoms with E-state index in [1.165, 1.54) is 17.0 Å². The van der Waals surface area contributed by atoms with Gasteiger partial charge in [0.1, 0.15) is 17.5 Å². The fourth-order valence-corrected chi connectivity index (χ4v) is 3.57. The zero-order chi connectivity index (χ0) is 21.5. The topological polar surface area (TPSA) is 56.4 Å². The van der Waals surface area contributed by atoms with Crippen LogP contribution < -0.4 is 16.2 Å². The van der Waals surface area contributed by atoms with Gasteiger partial charge >= 0.3 is 6.03 Å². The largest absolute Gasteiger partial charge is 0.328 e. The molecule has 0 bridgehead atoms. The third kappa shape index (κ3) is 6.21. The van der Waals surface area contributed by atoms with E-state index in [9.17, 15) is 18.0 Å². The van der Waals surface area contributed by atoms with E-state index < -0.39 is 17.7 Å². The van der Waals surface area contributed by atoms with E-state index in [-0.39, 0.29) is 17.5 Å². The highest BCUT2D eigenvalue weighted by Crippen LogP contribution is 2.25. The summed E-state index contributed by atoms with van der Waals surface area (Å²) < 4.78 is 39.9. The Morgan fingerprint density at radius 1 is 1.07 bits per heavy atom. The SMILES string of the molecule is CN(CCCCCC1CC(c2cccc(F)c2)NN1)C(=O)Nc1ccc(F)cc1F. The van der Waals surface area contributed by atoms with Crippen LogP contribution in [0.4, 0.5) is 23.7 Å². The number of unbranched alkanes of at least 4 members (excludes halogenated alkanes) is 2. The van der Waals surface area contributed by atoms with Crippen LogP contribution in [-0.2, 0) is 0 Å². The third-order valence-corrected chi connectivity index (χ3v) is 5.30. The molecule has 3 N–H and O–H groups in total. The fraction of sp³-hybridized carbons (Fsp3) is 0.409. The lowest BCUT2D eigenvalue weighted by atomic mass is 9.99. The maximum absolute atomic E-state index is 13.6. The van der Waals surface area contributed by atoms with E-state index in [0.29, 0.717) is 12.6 Å². The van der Waals surface area contributed by atoms with E-state index >= 15 is 0 Å². The first-order valence-electron chi connectivity index (χ1n) is 10.2. The highest BCUT2D eigenvalue weighted by molar-refractivity contribution is 5.89. The van der Waals surface area contributed by atoms with E-state index in [1.807, 2.05) is 6.07 Å². The second-order valence-electron chi connectivity index (χ2n) is 7.65. The van der Waals surface area contributed by atoms with Crippen molar-refractivity contribution in [3.63, 3.8) is 0 Å². The van der Waals surface area contributed by atoms with Crippen molar-refractivity contribution in [2.75, 3.05) is 18.9 Å². The Morgan fingerprint density at radius 2 is 1.87 bits per heavy atom. The molecule has 1 aliphatic rings. The van der Waals surface area contributed by atoms with Crippen LogP contribution in [0.2, 0.25) is 0 Å². The molecule has 0 aliphatic carbocycles. The summed E-state index contributed by atoms with van der Waals surface area (Å²) in [5, 5.41) is 2.45. The van der Waals surface area contributed by atoms with Crippen molar-refractivity contribution in [1.29, 1.82) is 0 Å². The normalized spacial score (nSPS) is 18.4. The van der Waals surface area contributed by atoms with Crippen LogP contribution in [0.3, 0.4) is 0 Å². The molecule has 0 saturated carbocycles. The highest BCUT2D eigenvalue weighted by Gasteiger charge is 2.24. The first kappa shape index (κ1) is 22.1. The second kappa shape index (κ2) is 10.4. The van der Waals surface area contributed by atoms with E-state index in [4.69, 9.17) is 0 Å². The Bertz CT molecular complexity index is 864. The first-order valence-corrected chi connectivity index (χ1v) is 10.2. The Labute approximate surface area is 174 Å². The predicted molar refractivity (Wildman–Crippen MR) is 110 cm³/mol. The number of hydrogen-bond acceptors (Lipinski definition) is 3. The zero-order valence-corrected chi connectivity index (χ0v) is 16.9. The zero-order valence-electron chi connectivity index (χ0n) is 16.9. The Kier molecular flexibility index (Phi) is 7.70. The summed E-state index contributed by atoms with van der Waals surface area (Å²) in [4.78, 5) is 13.6. The van der Waals surface area contributed by atoms with Gasteiger partial charge in [0.05, 0.1) is 5.69 Å². The quantitative estimate of drug-likeness (QED) is 0.541. The van der Waals surface area contributed by atoms with Crippen molar-refractivity contribution in [3.05, 3.63) is 65.5 Å². The van der Waals surface area contributed by atoms with Gasteiger partial charge in [0.25, 0.3) is 0 Å². The molecule has 0 aromatic heterocycles. The number of urea groups is 1. The summed E-state index contributed by atoms with van der Waals surface area (Å²) >= 11 is 0. The van der Waals surface area contributed by atoms with Gasteiger partial charge in [-0.15, -0.1) is 0 Å². The highest BCUT2D eigenvalue weighted by atomic mass is 19.1. The molecule has 8 heteroatoms. The fourth-order valence-electron chi connectivity index (χ4n) is 3.57. The molecule has 2 unspecified atom stereocenters. The molecule has 0 radical (unpaired) electrons. The molecule has 5 nitrogen and oxygen atoms in total. The molecule has 2 aromatic carbocycles. The smallest absolute Gasteiger partial charge is 0.321 e. The monoisotopic (exact) mass is 420 g/mol. The molecule has 1 heterocycles. The Balaban J connectivity index is 1.32. The van der Waals surface area contributed by atoms with Gasteiger partial charge in [0, 0.05) is 31.7 Å². The van der Waals surface area contributed by atoms with Gasteiger partial charge in [-0.05, 0) is 49.1 Å². The molecule has 30 heavy (non-hydrogen) atoms. The Morgan fingerprint density at radius 3 is 2.63 bits per heavy atom. The van der Waals surface area contributed by atoms with Crippen LogP contribution in [0.25, 0.3) is 0 Å². The Hall–Kier alpha value is -2.58. The lowest BCUT2D eigenvalue weighted by Gasteiger charge is -2.18. The number of hydrogen-bond donors (Lipinski definition) is 3. The van der Waals surface area contributed by atoms with Gasteiger partial charge in [-0.1, -0.05) is 25.0 Å². The van der Waals surface area contributed by atoms with Crippen LogP contribution in [0.15, 0.2) is 42.5 Å². The van der Waals surface area contributed by atoms with Gasteiger partial charge in [-0.2, -0.15) is 0 Å². The van der Waals surface area contributed by atoms with E-state index in [0.717, 1.165) is 49.8 Å². The molecule has 2 aromatic rings. The van der Waals surface area contributed by atoms with Crippen molar-refractivity contribution in [1.82, 2.24) is 15.8 Å². The van der Waals surface area contributed by atoms with Crippen LogP contribution in [0.1, 0.15) is 43.7 Å². The molecule has 162 valence electrons. The number of benzene rings is 2. The average molecular weight is 420 g/mol. The molecule has 0 spiro atoms.